The maximum Gasteiger partial charge on any atom is 0.335 e. The molecule has 1 aliphatic heterocycles. The van der Waals surface area contributed by atoms with Crippen LogP contribution in [-0.2, 0) is 23.8 Å². The largest absolute Gasteiger partial charge is 0.431 e. The molecule has 0 spiro atoms. The Balaban J connectivity index is 1.25. The smallest absolute Gasteiger partial charge is 0.335 e. The van der Waals surface area contributed by atoms with Crippen LogP contribution in [-0.4, -0.2) is 87.6 Å². The molecule has 1 aromatic rings. The molecule has 1 saturated heterocycles. The molecule has 0 bridgehead atoms. The molecule has 6 rings (SSSR count). The topological polar surface area (TPSA) is 173 Å². The Hall–Kier alpha value is -1.99. The van der Waals surface area contributed by atoms with Gasteiger partial charge in [-0.1, -0.05) is 6.92 Å². The van der Waals surface area contributed by atoms with Gasteiger partial charge in [0.1, 0.15) is 30.4 Å². The molecule has 11 heteroatoms. The van der Waals surface area contributed by atoms with Gasteiger partial charge in [0.25, 0.3) is 0 Å². The summed E-state index contributed by atoms with van der Waals surface area (Å²) in [4.78, 5) is 38.1. The van der Waals surface area contributed by atoms with E-state index in [1.54, 1.807) is 13.0 Å². The van der Waals surface area contributed by atoms with Gasteiger partial charge in [0.15, 0.2) is 6.29 Å². The van der Waals surface area contributed by atoms with E-state index < -0.39 is 70.4 Å². The number of carbonyl (C=O) groups is 2. The van der Waals surface area contributed by atoms with E-state index in [2.05, 4.69) is 0 Å². The third-order valence-electron chi connectivity index (χ3n) is 12.0. The van der Waals surface area contributed by atoms with Crippen molar-refractivity contribution in [2.24, 2.45) is 22.7 Å². The van der Waals surface area contributed by atoms with E-state index in [0.29, 0.717) is 37.7 Å². The van der Waals surface area contributed by atoms with Crippen LogP contribution in [0.15, 0.2) is 27.6 Å². The number of Topliss-reactive ketones (excluding diaryl/α,β-unsaturated/α-hetero) is 1. The molecular formula is C31H42O11. The molecule has 232 valence electrons. The second-order valence-electron chi connectivity index (χ2n) is 13.7. The van der Waals surface area contributed by atoms with Gasteiger partial charge in [-0.3, -0.25) is 4.79 Å². The van der Waals surface area contributed by atoms with Crippen molar-refractivity contribution >= 4 is 12.1 Å². The van der Waals surface area contributed by atoms with Crippen LogP contribution in [0.2, 0.25) is 0 Å². The van der Waals surface area contributed by atoms with E-state index in [4.69, 9.17) is 18.6 Å². The highest BCUT2D eigenvalue weighted by Gasteiger charge is 2.73. The maximum absolute atomic E-state index is 13.5. The van der Waals surface area contributed by atoms with Crippen molar-refractivity contribution in [3.05, 3.63) is 34.4 Å². The Morgan fingerprint density at radius 1 is 1.02 bits per heavy atom. The molecule has 1 aromatic heterocycles. The first-order valence-corrected chi connectivity index (χ1v) is 15.1. The number of ether oxygens (including phenoxy) is 3. The third-order valence-corrected chi connectivity index (χ3v) is 12.0. The lowest BCUT2D eigenvalue weighted by molar-refractivity contribution is -0.319. The van der Waals surface area contributed by atoms with E-state index in [9.17, 15) is 34.8 Å². The minimum Gasteiger partial charge on any atom is -0.431 e. The Bertz CT molecular complexity index is 1260. The van der Waals surface area contributed by atoms with E-state index in [1.165, 1.54) is 19.4 Å². The van der Waals surface area contributed by atoms with Gasteiger partial charge < -0.3 is 43.8 Å². The number of rotatable bonds is 5. The molecule has 4 aliphatic carbocycles. The summed E-state index contributed by atoms with van der Waals surface area (Å²) in [6, 6.07) is 2.88. The highest BCUT2D eigenvalue weighted by molar-refractivity contribution is 5.91. The lowest BCUT2D eigenvalue weighted by Gasteiger charge is -2.65. The Labute approximate surface area is 244 Å². The second kappa shape index (κ2) is 10.3. The van der Waals surface area contributed by atoms with E-state index in [-0.39, 0.29) is 36.9 Å². The standard InChI is InChI=1S/C31H42O11/c1-16-24(35)26(39-3)25(36)27(41-16)42-18-6-10-29(15-32)19-7-9-28(2)23(17-4-5-22(34)40-14-17)21(33)13-31(28,38)20(19)8-11-30(29,37)12-18/h4-5,14-16,18-20,23-27,35-38H,6-13H2,1-3H3/t16-,18-,19-,20+,23-,24-,25-,26+,27-,28+,29-,30-,31-/m0/s1. The van der Waals surface area contributed by atoms with Gasteiger partial charge in [-0.15, -0.1) is 0 Å². The summed E-state index contributed by atoms with van der Waals surface area (Å²) in [5.74, 6) is -1.47. The molecule has 42 heavy (non-hydrogen) atoms. The van der Waals surface area contributed by atoms with Crippen LogP contribution in [0, 0.1) is 22.7 Å². The summed E-state index contributed by atoms with van der Waals surface area (Å²) in [5, 5.41) is 45.6. The predicted molar refractivity (Wildman–Crippen MR) is 145 cm³/mol. The number of aliphatic hydroxyl groups is 4. The van der Waals surface area contributed by atoms with Gasteiger partial charge >= 0.3 is 5.63 Å². The fourth-order valence-corrected chi connectivity index (χ4v) is 9.73. The number of aliphatic hydroxyl groups excluding tert-OH is 2. The van der Waals surface area contributed by atoms with Crippen molar-refractivity contribution in [2.45, 2.75) is 119 Å². The maximum atomic E-state index is 13.5. The number of methoxy groups -OCH3 is 1. The van der Waals surface area contributed by atoms with Gasteiger partial charge in [0.2, 0.25) is 0 Å². The SMILES string of the molecule is CO[C@H]1[C@H](O)[C@H](O[C@H]2CC[C@]3(C=O)[C@H]4CC[C@]5(C)[C@@H](c6ccc(=O)oc6)C(=O)C[C@]5(O)[C@@H]4CC[C@]3(O)C2)O[C@@H](C)[C@@H]1O. The first-order valence-electron chi connectivity index (χ1n) is 15.1. The van der Waals surface area contributed by atoms with Crippen LogP contribution in [0.5, 0.6) is 0 Å². The molecule has 0 aromatic carbocycles. The zero-order chi connectivity index (χ0) is 30.2. The Kier molecular flexibility index (Phi) is 7.36. The van der Waals surface area contributed by atoms with Crippen LogP contribution < -0.4 is 5.63 Å². The van der Waals surface area contributed by atoms with Crippen LogP contribution in [0.4, 0.5) is 0 Å². The Morgan fingerprint density at radius 2 is 1.76 bits per heavy atom. The summed E-state index contributed by atoms with van der Waals surface area (Å²) in [7, 11) is 1.40. The minimum absolute atomic E-state index is 0.0603. The van der Waals surface area contributed by atoms with Crippen LogP contribution >= 0.6 is 0 Å². The molecule has 0 unspecified atom stereocenters. The highest BCUT2D eigenvalue weighted by atomic mass is 16.7. The number of ketones is 1. The van der Waals surface area contributed by atoms with Crippen molar-refractivity contribution < 1.29 is 48.6 Å². The van der Waals surface area contributed by atoms with Gasteiger partial charge in [-0.05, 0) is 68.9 Å². The summed E-state index contributed by atoms with van der Waals surface area (Å²) in [5.41, 5.74) is -4.68. The monoisotopic (exact) mass is 590 g/mol. The van der Waals surface area contributed by atoms with Crippen LogP contribution in [0.3, 0.4) is 0 Å². The average molecular weight is 591 g/mol. The van der Waals surface area contributed by atoms with Crippen molar-refractivity contribution in [3.8, 4) is 0 Å². The molecule has 4 saturated carbocycles. The Morgan fingerprint density at radius 3 is 2.43 bits per heavy atom. The summed E-state index contributed by atoms with van der Waals surface area (Å²) >= 11 is 0. The molecule has 0 amide bonds. The summed E-state index contributed by atoms with van der Waals surface area (Å²) in [6.07, 6.45) is -0.670. The van der Waals surface area contributed by atoms with Crippen molar-refractivity contribution in [1.82, 2.24) is 0 Å². The molecule has 0 radical (unpaired) electrons. The normalized spacial score (nSPS) is 50.5. The fraction of sp³-hybridized carbons (Fsp3) is 0.774. The van der Waals surface area contributed by atoms with E-state index >= 15 is 0 Å². The molecular weight excluding hydrogens is 548 g/mol. The first-order chi connectivity index (χ1) is 19.8. The molecule has 5 aliphatic rings. The first kappa shape index (κ1) is 30.1. The number of hydrogen-bond donors (Lipinski definition) is 4. The lowest BCUT2D eigenvalue weighted by atomic mass is 9.41. The van der Waals surface area contributed by atoms with Crippen molar-refractivity contribution in [3.63, 3.8) is 0 Å². The van der Waals surface area contributed by atoms with Crippen molar-refractivity contribution in [2.75, 3.05) is 7.11 Å². The molecule has 11 nitrogen and oxygen atoms in total. The summed E-state index contributed by atoms with van der Waals surface area (Å²) < 4.78 is 22.3. The van der Waals surface area contributed by atoms with Gasteiger partial charge in [-0.2, -0.15) is 0 Å². The van der Waals surface area contributed by atoms with Gasteiger partial charge in [-0.25, -0.2) is 4.79 Å². The zero-order valence-electron chi connectivity index (χ0n) is 24.3. The quantitative estimate of drug-likeness (QED) is 0.287. The molecule has 4 N–H and O–H groups in total. The van der Waals surface area contributed by atoms with Crippen LogP contribution in [0.1, 0.15) is 76.7 Å². The minimum atomic E-state index is -1.40. The number of fused-ring (bicyclic) bond motifs is 5. The van der Waals surface area contributed by atoms with Gasteiger partial charge in [0, 0.05) is 31.4 Å². The number of hydrogen-bond acceptors (Lipinski definition) is 11. The third kappa shape index (κ3) is 4.08. The lowest BCUT2D eigenvalue weighted by Crippen LogP contribution is -2.69. The average Bonchev–Trinajstić information content (AvgIpc) is 3.16. The van der Waals surface area contributed by atoms with E-state index in [1.807, 2.05) is 6.92 Å². The van der Waals surface area contributed by atoms with E-state index in [0.717, 1.165) is 6.29 Å². The predicted octanol–water partition coefficient (Wildman–Crippen LogP) is 1.22. The molecule has 2 heterocycles. The molecule has 5 fully saturated rings. The molecule has 13 atom stereocenters. The van der Waals surface area contributed by atoms with Crippen LogP contribution in [0.25, 0.3) is 0 Å². The highest BCUT2D eigenvalue weighted by Crippen LogP contribution is 2.70. The number of carbonyl (C=O) groups excluding carboxylic acids is 2. The second-order valence-corrected chi connectivity index (χ2v) is 13.7. The fourth-order valence-electron chi connectivity index (χ4n) is 9.73. The van der Waals surface area contributed by atoms with Gasteiger partial charge in [0.05, 0.1) is 41.0 Å². The number of aldehydes is 1. The summed E-state index contributed by atoms with van der Waals surface area (Å²) in [6.45, 7) is 3.59. The zero-order valence-corrected chi connectivity index (χ0v) is 24.3. The van der Waals surface area contributed by atoms with Crippen molar-refractivity contribution in [1.29, 1.82) is 0 Å².